The van der Waals surface area contributed by atoms with Crippen LogP contribution in [0.4, 0.5) is 11.5 Å². The van der Waals surface area contributed by atoms with Gasteiger partial charge in [-0.3, -0.25) is 9.59 Å². The molecule has 1 N–H and O–H groups in total. The van der Waals surface area contributed by atoms with E-state index in [9.17, 15) is 9.59 Å². The van der Waals surface area contributed by atoms with Crippen LogP contribution in [0.2, 0.25) is 0 Å². The van der Waals surface area contributed by atoms with Crippen molar-refractivity contribution in [2.75, 3.05) is 50.1 Å². The van der Waals surface area contributed by atoms with Gasteiger partial charge < -0.3 is 24.6 Å². The Labute approximate surface area is 198 Å². The van der Waals surface area contributed by atoms with Gasteiger partial charge in [0, 0.05) is 50.4 Å². The molecule has 0 saturated carbocycles. The topological polar surface area (TPSA) is 96.9 Å². The third-order valence-corrected chi connectivity index (χ3v) is 5.49. The summed E-state index contributed by atoms with van der Waals surface area (Å²) in [4.78, 5) is 27.7. The summed E-state index contributed by atoms with van der Waals surface area (Å²) in [6, 6.07) is 18.6. The molecule has 4 rings (SSSR count). The number of aromatic nitrogens is 2. The molecule has 9 nitrogen and oxygen atoms in total. The summed E-state index contributed by atoms with van der Waals surface area (Å²) < 4.78 is 10.9. The number of hydrogen-bond acceptors (Lipinski definition) is 7. The number of hydrogen-bond donors (Lipinski definition) is 1. The molecule has 0 unspecified atom stereocenters. The lowest BCUT2D eigenvalue weighted by molar-refractivity contribution is -0.133. The molecule has 1 aliphatic rings. The van der Waals surface area contributed by atoms with Gasteiger partial charge in [0.2, 0.25) is 5.91 Å². The van der Waals surface area contributed by atoms with Crippen molar-refractivity contribution in [1.82, 2.24) is 15.1 Å². The zero-order valence-electron chi connectivity index (χ0n) is 19.2. The predicted octanol–water partition coefficient (Wildman–Crippen LogP) is 2.84. The van der Waals surface area contributed by atoms with Gasteiger partial charge in [-0.05, 0) is 36.4 Å². The highest BCUT2D eigenvalue weighted by Gasteiger charge is 2.22. The van der Waals surface area contributed by atoms with Gasteiger partial charge in [-0.15, -0.1) is 10.2 Å². The van der Waals surface area contributed by atoms with E-state index < -0.39 is 0 Å². The molecule has 2 heterocycles. The van der Waals surface area contributed by atoms with Gasteiger partial charge in [-0.2, -0.15) is 0 Å². The number of piperazine rings is 1. The first-order valence-electron chi connectivity index (χ1n) is 11.0. The third kappa shape index (κ3) is 5.80. The predicted molar refractivity (Wildman–Crippen MR) is 129 cm³/mol. The summed E-state index contributed by atoms with van der Waals surface area (Å²) >= 11 is 0. The SMILES string of the molecule is COc1cccc(-c2ccc(N3CCN(C(=O)COc4cccc(NC(C)=O)c4)CC3)nn2)c1. The van der Waals surface area contributed by atoms with E-state index in [0.29, 0.717) is 37.6 Å². The molecular weight excluding hydrogens is 434 g/mol. The van der Waals surface area contributed by atoms with E-state index in [-0.39, 0.29) is 18.4 Å². The van der Waals surface area contributed by atoms with Crippen LogP contribution in [-0.2, 0) is 9.59 Å². The smallest absolute Gasteiger partial charge is 0.260 e. The van der Waals surface area contributed by atoms with Crippen LogP contribution in [-0.4, -0.2) is 66.8 Å². The van der Waals surface area contributed by atoms with Gasteiger partial charge in [0.05, 0.1) is 12.8 Å². The molecule has 0 bridgehead atoms. The van der Waals surface area contributed by atoms with Crippen molar-refractivity contribution in [2.24, 2.45) is 0 Å². The first-order valence-corrected chi connectivity index (χ1v) is 11.0. The lowest BCUT2D eigenvalue weighted by Gasteiger charge is -2.35. The van der Waals surface area contributed by atoms with E-state index in [4.69, 9.17) is 9.47 Å². The highest BCUT2D eigenvalue weighted by atomic mass is 16.5. The highest BCUT2D eigenvalue weighted by Crippen LogP contribution is 2.23. The number of nitrogens with one attached hydrogen (secondary N) is 1. The van der Waals surface area contributed by atoms with Crippen molar-refractivity contribution in [3.8, 4) is 22.8 Å². The normalized spacial score (nSPS) is 13.4. The largest absolute Gasteiger partial charge is 0.497 e. The van der Waals surface area contributed by atoms with Crippen LogP contribution in [0.15, 0.2) is 60.7 Å². The van der Waals surface area contributed by atoms with Crippen molar-refractivity contribution in [2.45, 2.75) is 6.92 Å². The third-order valence-electron chi connectivity index (χ3n) is 5.49. The Morgan fingerprint density at radius 3 is 2.41 bits per heavy atom. The van der Waals surface area contributed by atoms with E-state index in [1.54, 1.807) is 36.3 Å². The Kier molecular flexibility index (Phi) is 7.22. The molecule has 1 saturated heterocycles. The molecule has 1 aliphatic heterocycles. The molecule has 0 aliphatic carbocycles. The van der Waals surface area contributed by atoms with Crippen LogP contribution < -0.4 is 19.7 Å². The van der Waals surface area contributed by atoms with Crippen LogP contribution in [0, 0.1) is 0 Å². The molecule has 1 fully saturated rings. The fraction of sp³-hybridized carbons (Fsp3) is 0.280. The average Bonchev–Trinajstić information content (AvgIpc) is 2.87. The number of amides is 2. The average molecular weight is 462 g/mol. The molecule has 0 atom stereocenters. The van der Waals surface area contributed by atoms with E-state index in [0.717, 1.165) is 22.8 Å². The number of benzene rings is 2. The lowest BCUT2D eigenvalue weighted by Crippen LogP contribution is -2.50. The summed E-state index contributed by atoms with van der Waals surface area (Å²) in [7, 11) is 1.64. The van der Waals surface area contributed by atoms with Gasteiger partial charge in [0.15, 0.2) is 12.4 Å². The standard InChI is InChI=1S/C25H27N5O4/c1-18(31)26-20-6-4-8-22(16-20)34-17-25(32)30-13-11-29(12-14-30)24-10-9-23(27-28-24)19-5-3-7-21(15-19)33-2/h3-10,15-16H,11-14,17H2,1-2H3,(H,26,31). The summed E-state index contributed by atoms with van der Waals surface area (Å²) in [6.07, 6.45) is 0. The molecule has 1 aromatic heterocycles. The van der Waals surface area contributed by atoms with Crippen LogP contribution in [0.5, 0.6) is 11.5 Å². The molecule has 0 spiro atoms. The molecule has 9 heteroatoms. The van der Waals surface area contributed by atoms with Gasteiger partial charge in [-0.1, -0.05) is 18.2 Å². The van der Waals surface area contributed by atoms with E-state index >= 15 is 0 Å². The minimum atomic E-state index is -0.161. The number of carbonyl (C=O) groups is 2. The van der Waals surface area contributed by atoms with E-state index in [1.165, 1.54) is 6.92 Å². The van der Waals surface area contributed by atoms with Gasteiger partial charge in [0.25, 0.3) is 5.91 Å². The van der Waals surface area contributed by atoms with Crippen molar-refractivity contribution >= 4 is 23.3 Å². The number of nitrogens with zero attached hydrogens (tertiary/aromatic N) is 4. The summed E-state index contributed by atoms with van der Waals surface area (Å²) in [6.45, 7) is 3.87. The zero-order valence-corrected chi connectivity index (χ0v) is 19.2. The second kappa shape index (κ2) is 10.7. The molecule has 0 radical (unpaired) electrons. The minimum Gasteiger partial charge on any atom is -0.497 e. The molecule has 3 aromatic rings. The van der Waals surface area contributed by atoms with Gasteiger partial charge in [0.1, 0.15) is 11.5 Å². The second-order valence-corrected chi connectivity index (χ2v) is 7.87. The number of ether oxygens (including phenoxy) is 2. The molecule has 176 valence electrons. The van der Waals surface area contributed by atoms with E-state index in [2.05, 4.69) is 20.4 Å². The highest BCUT2D eigenvalue weighted by molar-refractivity contribution is 5.88. The molecule has 2 amide bonds. The number of anilines is 2. The van der Waals surface area contributed by atoms with Crippen LogP contribution in [0.3, 0.4) is 0 Å². The maximum absolute atomic E-state index is 12.6. The van der Waals surface area contributed by atoms with Crippen molar-refractivity contribution in [3.63, 3.8) is 0 Å². The first-order chi connectivity index (χ1) is 16.5. The fourth-order valence-electron chi connectivity index (χ4n) is 3.72. The Hall–Kier alpha value is -4.14. The Balaban J connectivity index is 1.28. The van der Waals surface area contributed by atoms with Crippen LogP contribution in [0.25, 0.3) is 11.3 Å². The summed E-state index contributed by atoms with van der Waals surface area (Å²) in [5, 5.41) is 11.5. The maximum atomic E-state index is 12.6. The second-order valence-electron chi connectivity index (χ2n) is 7.87. The van der Waals surface area contributed by atoms with Gasteiger partial charge >= 0.3 is 0 Å². The van der Waals surface area contributed by atoms with Crippen molar-refractivity contribution in [1.29, 1.82) is 0 Å². The minimum absolute atomic E-state index is 0.0570. The summed E-state index contributed by atoms with van der Waals surface area (Å²) in [5.41, 5.74) is 2.34. The Bertz CT molecular complexity index is 1140. The quantitative estimate of drug-likeness (QED) is 0.578. The van der Waals surface area contributed by atoms with Crippen molar-refractivity contribution < 1.29 is 19.1 Å². The molecule has 34 heavy (non-hydrogen) atoms. The Morgan fingerprint density at radius 2 is 1.71 bits per heavy atom. The zero-order chi connectivity index (χ0) is 23.9. The van der Waals surface area contributed by atoms with Crippen LogP contribution in [0.1, 0.15) is 6.92 Å². The van der Waals surface area contributed by atoms with Crippen molar-refractivity contribution in [3.05, 3.63) is 60.7 Å². The molecule has 2 aromatic carbocycles. The van der Waals surface area contributed by atoms with Gasteiger partial charge in [-0.25, -0.2) is 0 Å². The fourth-order valence-corrected chi connectivity index (χ4v) is 3.72. The number of methoxy groups -OCH3 is 1. The molecular formula is C25H27N5O4. The maximum Gasteiger partial charge on any atom is 0.260 e. The van der Waals surface area contributed by atoms with Crippen LogP contribution >= 0.6 is 0 Å². The summed E-state index contributed by atoms with van der Waals surface area (Å²) in [5.74, 6) is 1.85. The number of rotatable bonds is 7. The lowest BCUT2D eigenvalue weighted by atomic mass is 10.1. The first kappa shape index (κ1) is 23.0. The Morgan fingerprint density at radius 1 is 0.941 bits per heavy atom. The van der Waals surface area contributed by atoms with E-state index in [1.807, 2.05) is 36.4 Å². The monoisotopic (exact) mass is 461 g/mol. The number of carbonyl (C=O) groups excluding carboxylic acids is 2.